The molecule has 0 unspecified atom stereocenters. The largest absolute Gasteiger partial charge is 0.497 e. The summed E-state index contributed by atoms with van der Waals surface area (Å²) in [5, 5.41) is 3.17. The minimum atomic E-state index is -0.536. The first kappa shape index (κ1) is 21.5. The van der Waals surface area contributed by atoms with Crippen LogP contribution in [0.2, 0.25) is 5.02 Å². The summed E-state index contributed by atoms with van der Waals surface area (Å²) in [7, 11) is 2.85. The Morgan fingerprint density at radius 2 is 1.81 bits per heavy atom. The highest BCUT2D eigenvalue weighted by Gasteiger charge is 2.16. The molecule has 0 aliphatic carbocycles. The Balaban J connectivity index is 0.00000163. The Bertz CT molecular complexity index is 774. The summed E-state index contributed by atoms with van der Waals surface area (Å²) in [6.07, 6.45) is 0.142. The predicted octanol–water partition coefficient (Wildman–Crippen LogP) is 4.65. The van der Waals surface area contributed by atoms with Crippen molar-refractivity contribution in [2.45, 2.75) is 27.2 Å². The SMILES string of the molecule is CC.COC(=O)c1cc(C)c(Cl)cc1NC(=O)Cc1cccc(OC)c1. The van der Waals surface area contributed by atoms with E-state index in [4.69, 9.17) is 21.1 Å². The van der Waals surface area contributed by atoms with Crippen LogP contribution >= 0.6 is 11.6 Å². The average Bonchev–Trinajstić information content (AvgIpc) is 2.65. The summed E-state index contributed by atoms with van der Waals surface area (Å²) in [5.41, 5.74) is 2.11. The summed E-state index contributed by atoms with van der Waals surface area (Å²) in [6, 6.07) is 10.4. The lowest BCUT2D eigenvalue weighted by atomic mass is 10.1. The Morgan fingerprint density at radius 3 is 2.42 bits per heavy atom. The number of carbonyl (C=O) groups is 2. The highest BCUT2D eigenvalue weighted by molar-refractivity contribution is 6.32. The molecular weight excluding hydrogens is 354 g/mol. The van der Waals surface area contributed by atoms with Crippen LogP contribution in [0.4, 0.5) is 5.69 Å². The molecule has 1 amide bonds. The van der Waals surface area contributed by atoms with E-state index in [1.807, 2.05) is 26.0 Å². The van der Waals surface area contributed by atoms with Crippen LogP contribution in [-0.2, 0) is 16.0 Å². The van der Waals surface area contributed by atoms with Gasteiger partial charge in [0.15, 0.2) is 0 Å². The van der Waals surface area contributed by atoms with E-state index < -0.39 is 5.97 Å². The fourth-order valence-electron chi connectivity index (χ4n) is 2.23. The van der Waals surface area contributed by atoms with E-state index in [-0.39, 0.29) is 17.9 Å². The molecule has 1 N–H and O–H groups in total. The molecule has 5 nitrogen and oxygen atoms in total. The summed E-state index contributed by atoms with van der Waals surface area (Å²) < 4.78 is 9.89. The van der Waals surface area contributed by atoms with Crippen LogP contribution in [0.1, 0.15) is 35.3 Å². The number of nitrogens with one attached hydrogen (secondary N) is 1. The van der Waals surface area contributed by atoms with Gasteiger partial charge in [-0.25, -0.2) is 4.79 Å². The van der Waals surface area contributed by atoms with Crippen molar-refractivity contribution in [1.29, 1.82) is 0 Å². The Morgan fingerprint density at radius 1 is 1.12 bits per heavy atom. The van der Waals surface area contributed by atoms with Gasteiger partial charge in [0.2, 0.25) is 5.91 Å². The topological polar surface area (TPSA) is 64.6 Å². The van der Waals surface area contributed by atoms with Gasteiger partial charge in [-0.05, 0) is 42.3 Å². The normalized spacial score (nSPS) is 9.62. The van der Waals surface area contributed by atoms with Crippen molar-refractivity contribution in [3.63, 3.8) is 0 Å². The molecule has 2 aromatic carbocycles. The number of hydrogen-bond acceptors (Lipinski definition) is 4. The third kappa shape index (κ3) is 5.77. The first-order chi connectivity index (χ1) is 12.4. The molecule has 2 aromatic rings. The minimum Gasteiger partial charge on any atom is -0.497 e. The molecule has 0 saturated heterocycles. The Kier molecular flexibility index (Phi) is 8.65. The van der Waals surface area contributed by atoms with E-state index in [0.717, 1.165) is 11.1 Å². The van der Waals surface area contributed by atoms with Gasteiger partial charge in [0, 0.05) is 5.02 Å². The molecule has 0 aromatic heterocycles. The number of carbonyl (C=O) groups excluding carboxylic acids is 2. The van der Waals surface area contributed by atoms with Crippen molar-refractivity contribution in [2.24, 2.45) is 0 Å². The van der Waals surface area contributed by atoms with Gasteiger partial charge in [-0.15, -0.1) is 0 Å². The monoisotopic (exact) mass is 377 g/mol. The number of ether oxygens (including phenoxy) is 2. The summed E-state index contributed by atoms with van der Waals surface area (Å²) in [5.74, 6) is -0.131. The van der Waals surface area contributed by atoms with Crippen molar-refractivity contribution in [3.05, 3.63) is 58.1 Å². The predicted molar refractivity (Wildman–Crippen MR) is 104 cm³/mol. The summed E-state index contributed by atoms with van der Waals surface area (Å²) in [4.78, 5) is 24.2. The van der Waals surface area contributed by atoms with Crippen molar-refractivity contribution in [3.8, 4) is 5.75 Å². The number of anilines is 1. The standard InChI is InChI=1S/C18H18ClNO4.C2H6/c1-11-7-14(18(22)24-3)16(10-15(11)19)20-17(21)9-12-5-4-6-13(8-12)23-2;1-2/h4-8,10H,9H2,1-3H3,(H,20,21);1-2H3. The van der Waals surface area contributed by atoms with E-state index in [2.05, 4.69) is 5.32 Å². The maximum absolute atomic E-state index is 12.3. The molecule has 140 valence electrons. The molecule has 0 heterocycles. The van der Waals surface area contributed by atoms with Crippen molar-refractivity contribution >= 4 is 29.2 Å². The van der Waals surface area contributed by atoms with Crippen LogP contribution in [0.25, 0.3) is 0 Å². The number of hydrogen-bond donors (Lipinski definition) is 1. The number of rotatable bonds is 5. The van der Waals surface area contributed by atoms with Crippen molar-refractivity contribution in [2.75, 3.05) is 19.5 Å². The zero-order valence-electron chi connectivity index (χ0n) is 15.7. The lowest BCUT2D eigenvalue weighted by Crippen LogP contribution is -2.17. The van der Waals surface area contributed by atoms with Gasteiger partial charge in [0.05, 0.1) is 31.9 Å². The van der Waals surface area contributed by atoms with Crippen LogP contribution in [-0.4, -0.2) is 26.1 Å². The molecule has 0 aliphatic rings. The van der Waals surface area contributed by atoms with Gasteiger partial charge in [-0.1, -0.05) is 37.6 Å². The maximum Gasteiger partial charge on any atom is 0.339 e. The number of aryl methyl sites for hydroxylation is 1. The summed E-state index contributed by atoms with van der Waals surface area (Å²) >= 11 is 6.10. The molecule has 26 heavy (non-hydrogen) atoms. The van der Waals surface area contributed by atoms with Gasteiger partial charge < -0.3 is 14.8 Å². The lowest BCUT2D eigenvalue weighted by molar-refractivity contribution is -0.115. The smallest absolute Gasteiger partial charge is 0.339 e. The van der Waals surface area contributed by atoms with E-state index in [9.17, 15) is 9.59 Å². The Labute approximate surface area is 159 Å². The van der Waals surface area contributed by atoms with Crippen molar-refractivity contribution in [1.82, 2.24) is 0 Å². The number of benzene rings is 2. The van der Waals surface area contributed by atoms with Gasteiger partial charge in [-0.2, -0.15) is 0 Å². The highest BCUT2D eigenvalue weighted by atomic mass is 35.5. The molecular formula is C20H24ClNO4. The zero-order chi connectivity index (χ0) is 19.7. The highest BCUT2D eigenvalue weighted by Crippen LogP contribution is 2.26. The van der Waals surface area contributed by atoms with E-state index in [0.29, 0.717) is 16.5 Å². The molecule has 6 heteroatoms. The third-order valence-corrected chi connectivity index (χ3v) is 3.88. The first-order valence-corrected chi connectivity index (χ1v) is 8.63. The maximum atomic E-state index is 12.3. The van der Waals surface area contributed by atoms with Gasteiger partial charge in [0.1, 0.15) is 5.75 Å². The number of esters is 1. The van der Waals surface area contributed by atoms with Crippen LogP contribution in [0.15, 0.2) is 36.4 Å². The lowest BCUT2D eigenvalue weighted by Gasteiger charge is -2.12. The van der Waals surface area contributed by atoms with Gasteiger partial charge >= 0.3 is 5.97 Å². The second-order valence-corrected chi connectivity index (χ2v) is 5.62. The van der Waals surface area contributed by atoms with Crippen molar-refractivity contribution < 1.29 is 19.1 Å². The average molecular weight is 378 g/mol. The number of amides is 1. The molecule has 0 fully saturated rings. The minimum absolute atomic E-state index is 0.142. The van der Waals surface area contributed by atoms with Crippen LogP contribution < -0.4 is 10.1 Å². The van der Waals surface area contributed by atoms with Crippen LogP contribution in [0, 0.1) is 6.92 Å². The molecule has 0 aliphatic heterocycles. The molecule has 0 spiro atoms. The number of methoxy groups -OCH3 is 2. The van der Waals surface area contributed by atoms with E-state index >= 15 is 0 Å². The fourth-order valence-corrected chi connectivity index (χ4v) is 2.39. The molecule has 2 rings (SSSR count). The third-order valence-electron chi connectivity index (χ3n) is 3.48. The van der Waals surface area contributed by atoms with E-state index in [1.54, 1.807) is 38.3 Å². The molecule has 0 atom stereocenters. The fraction of sp³-hybridized carbons (Fsp3) is 0.300. The zero-order valence-corrected chi connectivity index (χ0v) is 16.4. The first-order valence-electron chi connectivity index (χ1n) is 8.26. The Hall–Kier alpha value is -2.53. The molecule has 0 bridgehead atoms. The summed E-state index contributed by atoms with van der Waals surface area (Å²) in [6.45, 7) is 5.77. The van der Waals surface area contributed by atoms with E-state index in [1.165, 1.54) is 7.11 Å². The quantitative estimate of drug-likeness (QED) is 0.770. The second-order valence-electron chi connectivity index (χ2n) is 5.22. The van der Waals surface area contributed by atoms with Gasteiger partial charge in [-0.3, -0.25) is 4.79 Å². The molecule has 0 saturated carbocycles. The second kappa shape index (κ2) is 10.5. The number of halogens is 1. The van der Waals surface area contributed by atoms with Crippen LogP contribution in [0.5, 0.6) is 5.75 Å². The van der Waals surface area contributed by atoms with Gasteiger partial charge in [0.25, 0.3) is 0 Å². The molecule has 0 radical (unpaired) electrons. The van der Waals surface area contributed by atoms with Crippen LogP contribution in [0.3, 0.4) is 0 Å².